The molecule has 1 aromatic carbocycles. The van der Waals surface area contributed by atoms with Crippen LogP contribution in [0, 0.1) is 10.1 Å². The van der Waals surface area contributed by atoms with Crippen molar-refractivity contribution in [3.8, 4) is 0 Å². The molecule has 6 heteroatoms. The first-order chi connectivity index (χ1) is 8.67. The van der Waals surface area contributed by atoms with Crippen molar-refractivity contribution in [3.63, 3.8) is 0 Å². The lowest BCUT2D eigenvalue weighted by atomic mass is 10.2. The lowest BCUT2D eigenvalue weighted by Gasteiger charge is -2.13. The summed E-state index contributed by atoms with van der Waals surface area (Å²) in [6.07, 6.45) is 0.680. The SMILES string of the molecule is FCF.O=[N+]([O-])C1CCN(Cc2ccccc2)C1. The van der Waals surface area contributed by atoms with Crippen molar-refractivity contribution in [3.05, 3.63) is 46.0 Å². The van der Waals surface area contributed by atoms with Crippen molar-refractivity contribution in [2.45, 2.75) is 19.0 Å². The van der Waals surface area contributed by atoms with E-state index in [9.17, 15) is 18.9 Å². The average molecular weight is 258 g/mol. The van der Waals surface area contributed by atoms with Gasteiger partial charge in [0.15, 0.2) is 0 Å². The first-order valence-electron chi connectivity index (χ1n) is 5.69. The largest absolute Gasteiger partial charge is 0.292 e. The molecule has 0 aliphatic carbocycles. The van der Waals surface area contributed by atoms with Crippen molar-refractivity contribution in [1.82, 2.24) is 4.90 Å². The number of nitro groups is 1. The molecular formula is C12H16F2N2O2. The van der Waals surface area contributed by atoms with Crippen molar-refractivity contribution < 1.29 is 13.7 Å². The summed E-state index contributed by atoms with van der Waals surface area (Å²) >= 11 is 0. The summed E-state index contributed by atoms with van der Waals surface area (Å²) in [5, 5.41) is 10.6. The molecule has 1 fully saturated rings. The van der Waals surface area contributed by atoms with E-state index in [0.29, 0.717) is 13.0 Å². The second-order valence-corrected chi connectivity index (χ2v) is 4.05. The highest BCUT2D eigenvalue weighted by Crippen LogP contribution is 2.14. The highest BCUT2D eigenvalue weighted by atomic mass is 19.3. The van der Waals surface area contributed by atoms with Gasteiger partial charge in [0.25, 0.3) is 0 Å². The van der Waals surface area contributed by atoms with Crippen LogP contribution in [0.1, 0.15) is 12.0 Å². The molecule has 0 spiro atoms. The van der Waals surface area contributed by atoms with E-state index in [4.69, 9.17) is 0 Å². The molecule has 1 heterocycles. The van der Waals surface area contributed by atoms with E-state index < -0.39 is 6.93 Å². The minimum atomic E-state index is -1.75. The summed E-state index contributed by atoms with van der Waals surface area (Å²) < 4.78 is 19.2. The molecule has 1 saturated heterocycles. The van der Waals surface area contributed by atoms with Crippen LogP contribution in [0.4, 0.5) is 8.78 Å². The van der Waals surface area contributed by atoms with Gasteiger partial charge < -0.3 is 0 Å². The van der Waals surface area contributed by atoms with E-state index in [1.807, 2.05) is 18.2 Å². The molecule has 2 rings (SSSR count). The summed E-state index contributed by atoms with van der Waals surface area (Å²) in [7, 11) is 0. The summed E-state index contributed by atoms with van der Waals surface area (Å²) in [6, 6.07) is 9.72. The number of likely N-dealkylation sites (tertiary alicyclic amines) is 1. The Balaban J connectivity index is 0.000000492. The van der Waals surface area contributed by atoms with Crippen LogP contribution < -0.4 is 0 Å². The van der Waals surface area contributed by atoms with Gasteiger partial charge in [-0.15, -0.1) is 0 Å². The Kier molecular flexibility index (Phi) is 6.21. The van der Waals surface area contributed by atoms with Gasteiger partial charge in [-0.25, -0.2) is 8.78 Å². The van der Waals surface area contributed by atoms with E-state index >= 15 is 0 Å². The Morgan fingerprint density at radius 1 is 1.33 bits per heavy atom. The number of alkyl halides is 2. The van der Waals surface area contributed by atoms with Crippen LogP contribution in [-0.2, 0) is 6.54 Å². The van der Waals surface area contributed by atoms with Crippen LogP contribution in [0.25, 0.3) is 0 Å². The molecule has 100 valence electrons. The minimum absolute atomic E-state index is 0.162. The summed E-state index contributed by atoms with van der Waals surface area (Å²) in [5.74, 6) is 0. The molecule has 18 heavy (non-hydrogen) atoms. The van der Waals surface area contributed by atoms with Crippen molar-refractivity contribution in [2.24, 2.45) is 0 Å². The predicted octanol–water partition coefficient (Wildman–Crippen LogP) is 2.42. The van der Waals surface area contributed by atoms with Crippen molar-refractivity contribution in [2.75, 3.05) is 20.0 Å². The lowest BCUT2D eigenvalue weighted by molar-refractivity contribution is -0.518. The molecule has 1 aliphatic heterocycles. The van der Waals surface area contributed by atoms with Gasteiger partial charge in [-0.1, -0.05) is 30.3 Å². The molecular weight excluding hydrogens is 242 g/mol. The highest BCUT2D eigenvalue weighted by molar-refractivity contribution is 5.14. The van der Waals surface area contributed by atoms with Gasteiger partial charge in [0, 0.05) is 24.4 Å². The molecule has 0 N–H and O–H groups in total. The third kappa shape index (κ3) is 4.75. The van der Waals surface area contributed by atoms with E-state index in [1.54, 1.807) is 0 Å². The maximum Gasteiger partial charge on any atom is 0.229 e. The fourth-order valence-electron chi connectivity index (χ4n) is 1.97. The summed E-state index contributed by atoms with van der Waals surface area (Å²) in [4.78, 5) is 12.6. The normalized spacial score (nSPS) is 19.1. The van der Waals surface area contributed by atoms with Gasteiger partial charge in [0.2, 0.25) is 13.0 Å². The number of rotatable bonds is 3. The van der Waals surface area contributed by atoms with Gasteiger partial charge in [0.1, 0.15) is 0 Å². The topological polar surface area (TPSA) is 46.4 Å². The van der Waals surface area contributed by atoms with Crippen LogP contribution >= 0.6 is 0 Å². The zero-order valence-electron chi connectivity index (χ0n) is 9.97. The van der Waals surface area contributed by atoms with Crippen molar-refractivity contribution in [1.29, 1.82) is 0 Å². The van der Waals surface area contributed by atoms with Crippen LogP contribution in [0.5, 0.6) is 0 Å². The van der Waals surface area contributed by atoms with E-state index in [2.05, 4.69) is 17.0 Å². The first kappa shape index (κ1) is 14.5. The number of hydrogen-bond acceptors (Lipinski definition) is 3. The lowest BCUT2D eigenvalue weighted by Crippen LogP contribution is -2.25. The van der Waals surface area contributed by atoms with Crippen LogP contribution in [-0.4, -0.2) is 35.9 Å². The Morgan fingerprint density at radius 2 is 1.94 bits per heavy atom. The standard InChI is InChI=1S/C11H14N2O2.CH2F2/c14-13(15)11-6-7-12(9-11)8-10-4-2-1-3-5-10;2-1-3/h1-5,11H,6-9H2;1H2. The number of nitrogens with zero attached hydrogens (tertiary/aromatic N) is 2. The fraction of sp³-hybridized carbons (Fsp3) is 0.500. The Hall–Kier alpha value is -1.56. The van der Waals surface area contributed by atoms with Gasteiger partial charge >= 0.3 is 0 Å². The molecule has 1 unspecified atom stereocenters. The van der Waals surface area contributed by atoms with E-state index in [-0.39, 0.29) is 11.0 Å². The molecule has 1 aromatic rings. The van der Waals surface area contributed by atoms with Crippen LogP contribution in [0.15, 0.2) is 30.3 Å². The molecule has 1 aliphatic rings. The smallest absolute Gasteiger partial charge is 0.229 e. The van der Waals surface area contributed by atoms with Gasteiger partial charge in [-0.2, -0.15) is 0 Å². The second kappa shape index (κ2) is 7.71. The zero-order valence-corrected chi connectivity index (χ0v) is 9.97. The molecule has 0 amide bonds. The second-order valence-electron chi connectivity index (χ2n) is 4.05. The van der Waals surface area contributed by atoms with Crippen LogP contribution in [0.2, 0.25) is 0 Å². The average Bonchev–Trinajstić information content (AvgIpc) is 2.80. The van der Waals surface area contributed by atoms with Crippen molar-refractivity contribution >= 4 is 0 Å². The van der Waals surface area contributed by atoms with Gasteiger partial charge in [-0.05, 0) is 5.56 Å². The maximum atomic E-state index is 10.6. The molecule has 4 nitrogen and oxygen atoms in total. The quantitative estimate of drug-likeness (QED) is 0.618. The van der Waals surface area contributed by atoms with Gasteiger partial charge in [-0.3, -0.25) is 15.0 Å². The monoisotopic (exact) mass is 258 g/mol. The van der Waals surface area contributed by atoms with E-state index in [0.717, 1.165) is 13.1 Å². The molecule has 0 bridgehead atoms. The molecule has 0 saturated carbocycles. The first-order valence-corrected chi connectivity index (χ1v) is 5.69. The van der Waals surface area contributed by atoms with Crippen LogP contribution in [0.3, 0.4) is 0 Å². The third-order valence-corrected chi connectivity index (χ3v) is 2.79. The van der Waals surface area contributed by atoms with Gasteiger partial charge in [0.05, 0.1) is 6.54 Å². The zero-order chi connectivity index (χ0) is 13.4. The molecule has 0 radical (unpaired) electrons. The van der Waals surface area contributed by atoms with E-state index in [1.165, 1.54) is 5.56 Å². The minimum Gasteiger partial charge on any atom is -0.292 e. The summed E-state index contributed by atoms with van der Waals surface area (Å²) in [6.45, 7) is 0.494. The predicted molar refractivity (Wildman–Crippen MR) is 64.2 cm³/mol. The Morgan fingerprint density at radius 3 is 2.44 bits per heavy atom. The molecule has 1 atom stereocenters. The number of halogens is 2. The Bertz CT molecular complexity index is 362. The highest BCUT2D eigenvalue weighted by Gasteiger charge is 2.30. The Labute approximate surface area is 104 Å². The fourth-order valence-corrected chi connectivity index (χ4v) is 1.97. The maximum absolute atomic E-state index is 10.6. The summed E-state index contributed by atoms with van der Waals surface area (Å²) in [5.41, 5.74) is 1.22. The third-order valence-electron chi connectivity index (χ3n) is 2.79. The number of benzene rings is 1. The number of hydrogen-bond donors (Lipinski definition) is 0. The molecule has 0 aromatic heterocycles.